The van der Waals surface area contributed by atoms with Crippen LogP contribution in [0.3, 0.4) is 0 Å². The molecule has 2 aromatic carbocycles. The van der Waals surface area contributed by atoms with E-state index in [1.165, 1.54) is 0 Å². The first-order chi connectivity index (χ1) is 14.6. The Hall–Kier alpha value is -3.02. The van der Waals surface area contributed by atoms with E-state index in [2.05, 4.69) is 5.32 Å². The Morgan fingerprint density at radius 1 is 1.00 bits per heavy atom. The molecule has 6 heteroatoms. The summed E-state index contributed by atoms with van der Waals surface area (Å²) in [5.74, 6) is 0.710. The molecule has 0 aliphatic carbocycles. The highest BCUT2D eigenvalue weighted by Gasteiger charge is 2.28. The standard InChI is InChI=1S/C24H32N2O4/c1-4-16-25-24(28)20(5-2)26(17-15-19-11-7-6-8-12-19)23(27)18-30-22-14-10-9-13-21(22)29-3/h6-14,20H,4-5,15-18H2,1-3H3,(H,25,28)/t20-/m0/s1. The molecule has 0 spiro atoms. The van der Waals surface area contributed by atoms with Crippen LogP contribution in [-0.2, 0) is 16.0 Å². The predicted molar refractivity (Wildman–Crippen MR) is 118 cm³/mol. The van der Waals surface area contributed by atoms with Crippen molar-refractivity contribution in [2.24, 2.45) is 0 Å². The molecule has 0 aromatic heterocycles. The van der Waals surface area contributed by atoms with Gasteiger partial charge < -0.3 is 19.7 Å². The van der Waals surface area contributed by atoms with Gasteiger partial charge in [-0.1, -0.05) is 56.3 Å². The lowest BCUT2D eigenvalue weighted by atomic mass is 10.1. The Balaban J connectivity index is 2.13. The number of nitrogens with zero attached hydrogens (tertiary/aromatic N) is 1. The molecule has 0 aliphatic rings. The average molecular weight is 413 g/mol. The molecule has 2 aromatic rings. The number of benzene rings is 2. The maximum atomic E-state index is 13.1. The zero-order valence-corrected chi connectivity index (χ0v) is 18.1. The lowest BCUT2D eigenvalue weighted by Crippen LogP contribution is -2.51. The van der Waals surface area contributed by atoms with Crippen molar-refractivity contribution in [3.05, 3.63) is 60.2 Å². The van der Waals surface area contributed by atoms with Crippen LogP contribution in [0.5, 0.6) is 11.5 Å². The molecule has 0 radical (unpaired) electrons. The molecule has 0 aliphatic heterocycles. The molecular weight excluding hydrogens is 380 g/mol. The Bertz CT molecular complexity index is 795. The number of hydrogen-bond donors (Lipinski definition) is 1. The molecule has 2 rings (SSSR count). The predicted octanol–water partition coefficient (Wildman–Crippen LogP) is 3.45. The van der Waals surface area contributed by atoms with Gasteiger partial charge >= 0.3 is 0 Å². The van der Waals surface area contributed by atoms with E-state index >= 15 is 0 Å². The summed E-state index contributed by atoms with van der Waals surface area (Å²) in [7, 11) is 1.56. The van der Waals surface area contributed by atoms with Gasteiger partial charge in [0, 0.05) is 13.1 Å². The van der Waals surface area contributed by atoms with Gasteiger partial charge in [0.1, 0.15) is 6.04 Å². The second-order valence-electron chi connectivity index (χ2n) is 6.98. The molecule has 1 atom stereocenters. The van der Waals surface area contributed by atoms with Crippen molar-refractivity contribution < 1.29 is 19.1 Å². The van der Waals surface area contributed by atoms with Gasteiger partial charge in [0.05, 0.1) is 7.11 Å². The molecule has 30 heavy (non-hydrogen) atoms. The van der Waals surface area contributed by atoms with Gasteiger partial charge in [-0.05, 0) is 37.0 Å². The van der Waals surface area contributed by atoms with Crippen LogP contribution in [0.2, 0.25) is 0 Å². The molecule has 0 fully saturated rings. The van der Waals surface area contributed by atoms with Crippen molar-refractivity contribution in [2.45, 2.75) is 39.2 Å². The first-order valence-corrected chi connectivity index (χ1v) is 10.5. The summed E-state index contributed by atoms with van der Waals surface area (Å²) >= 11 is 0. The van der Waals surface area contributed by atoms with Crippen LogP contribution in [0.25, 0.3) is 0 Å². The van der Waals surface area contributed by atoms with Gasteiger partial charge in [0.25, 0.3) is 5.91 Å². The zero-order chi connectivity index (χ0) is 21.8. The molecular formula is C24H32N2O4. The highest BCUT2D eigenvalue weighted by molar-refractivity contribution is 5.88. The highest BCUT2D eigenvalue weighted by Crippen LogP contribution is 2.25. The topological polar surface area (TPSA) is 67.9 Å². The third kappa shape index (κ3) is 6.79. The number of ether oxygens (including phenoxy) is 2. The van der Waals surface area contributed by atoms with E-state index in [0.29, 0.717) is 37.4 Å². The normalized spacial score (nSPS) is 11.4. The number of amides is 2. The maximum Gasteiger partial charge on any atom is 0.261 e. The zero-order valence-electron chi connectivity index (χ0n) is 18.1. The number of nitrogens with one attached hydrogen (secondary N) is 1. The molecule has 0 unspecified atom stereocenters. The van der Waals surface area contributed by atoms with E-state index < -0.39 is 6.04 Å². The minimum absolute atomic E-state index is 0.127. The minimum Gasteiger partial charge on any atom is -0.493 e. The Morgan fingerprint density at radius 3 is 2.30 bits per heavy atom. The number of carbonyl (C=O) groups excluding carboxylic acids is 2. The van der Waals surface area contributed by atoms with Crippen LogP contribution in [-0.4, -0.2) is 49.6 Å². The molecule has 1 N–H and O–H groups in total. The fraction of sp³-hybridized carbons (Fsp3) is 0.417. The number of carbonyl (C=O) groups is 2. The van der Waals surface area contributed by atoms with E-state index in [-0.39, 0.29) is 18.4 Å². The van der Waals surface area contributed by atoms with Crippen LogP contribution in [0.4, 0.5) is 0 Å². The van der Waals surface area contributed by atoms with Crippen molar-refractivity contribution in [1.82, 2.24) is 10.2 Å². The molecule has 0 heterocycles. The smallest absolute Gasteiger partial charge is 0.261 e. The first-order valence-electron chi connectivity index (χ1n) is 10.5. The number of rotatable bonds is 12. The van der Waals surface area contributed by atoms with Crippen molar-refractivity contribution >= 4 is 11.8 Å². The summed E-state index contributed by atoms with van der Waals surface area (Å²) in [5.41, 5.74) is 1.12. The van der Waals surface area contributed by atoms with Crippen molar-refractivity contribution in [3.8, 4) is 11.5 Å². The highest BCUT2D eigenvalue weighted by atomic mass is 16.5. The minimum atomic E-state index is -0.533. The monoisotopic (exact) mass is 412 g/mol. The van der Waals surface area contributed by atoms with E-state index in [1.54, 1.807) is 24.1 Å². The average Bonchev–Trinajstić information content (AvgIpc) is 2.79. The van der Waals surface area contributed by atoms with E-state index in [9.17, 15) is 9.59 Å². The Morgan fingerprint density at radius 2 is 1.67 bits per heavy atom. The van der Waals surface area contributed by atoms with Crippen molar-refractivity contribution in [2.75, 3.05) is 26.8 Å². The molecule has 0 bridgehead atoms. The van der Waals surface area contributed by atoms with Gasteiger partial charge in [0.15, 0.2) is 18.1 Å². The van der Waals surface area contributed by atoms with Crippen LogP contribution >= 0.6 is 0 Å². The quantitative estimate of drug-likeness (QED) is 0.580. The largest absolute Gasteiger partial charge is 0.493 e. The lowest BCUT2D eigenvalue weighted by molar-refractivity contribution is -0.142. The van der Waals surface area contributed by atoms with Crippen LogP contribution < -0.4 is 14.8 Å². The summed E-state index contributed by atoms with van der Waals surface area (Å²) in [6, 6.07) is 16.6. The summed E-state index contributed by atoms with van der Waals surface area (Å²) in [4.78, 5) is 27.4. The number of hydrogen-bond acceptors (Lipinski definition) is 4. The van der Waals surface area contributed by atoms with Crippen molar-refractivity contribution in [3.63, 3.8) is 0 Å². The van der Waals surface area contributed by atoms with E-state index in [1.807, 2.05) is 56.3 Å². The Kier molecular flexibility index (Phi) is 9.71. The lowest BCUT2D eigenvalue weighted by Gasteiger charge is -2.30. The van der Waals surface area contributed by atoms with Gasteiger partial charge in [-0.15, -0.1) is 0 Å². The van der Waals surface area contributed by atoms with Gasteiger partial charge in [-0.25, -0.2) is 0 Å². The van der Waals surface area contributed by atoms with E-state index in [4.69, 9.17) is 9.47 Å². The summed E-state index contributed by atoms with van der Waals surface area (Å²) < 4.78 is 11.0. The number of para-hydroxylation sites is 2. The first kappa shape index (κ1) is 23.3. The molecule has 162 valence electrons. The van der Waals surface area contributed by atoms with E-state index in [0.717, 1.165) is 12.0 Å². The summed E-state index contributed by atoms with van der Waals surface area (Å²) in [6.07, 6.45) is 2.04. The SMILES string of the molecule is CCCNC(=O)[C@H](CC)N(CCc1ccccc1)C(=O)COc1ccccc1OC. The Labute approximate surface area is 179 Å². The fourth-order valence-electron chi connectivity index (χ4n) is 3.22. The molecule has 2 amide bonds. The van der Waals surface area contributed by atoms with Crippen molar-refractivity contribution in [1.29, 1.82) is 0 Å². The second kappa shape index (κ2) is 12.5. The molecule has 6 nitrogen and oxygen atoms in total. The third-order valence-electron chi connectivity index (χ3n) is 4.84. The van der Waals surface area contributed by atoms with Gasteiger partial charge in [0.2, 0.25) is 5.91 Å². The fourth-order valence-corrected chi connectivity index (χ4v) is 3.22. The van der Waals surface area contributed by atoms with Gasteiger partial charge in [-0.2, -0.15) is 0 Å². The molecule has 0 saturated carbocycles. The molecule has 0 saturated heterocycles. The van der Waals surface area contributed by atoms with Crippen LogP contribution in [0.1, 0.15) is 32.3 Å². The number of methoxy groups -OCH3 is 1. The van der Waals surface area contributed by atoms with Crippen LogP contribution in [0.15, 0.2) is 54.6 Å². The maximum absolute atomic E-state index is 13.1. The second-order valence-corrected chi connectivity index (χ2v) is 6.98. The third-order valence-corrected chi connectivity index (χ3v) is 4.84. The van der Waals surface area contributed by atoms with Crippen LogP contribution in [0, 0.1) is 0 Å². The summed E-state index contributed by atoms with van der Waals surface area (Å²) in [5, 5.41) is 2.92. The van der Waals surface area contributed by atoms with Gasteiger partial charge in [-0.3, -0.25) is 9.59 Å². The summed E-state index contributed by atoms with van der Waals surface area (Å²) in [6.45, 7) is 4.79.